The van der Waals surface area contributed by atoms with Crippen LogP contribution in [0, 0.1) is 20.8 Å². The molecule has 0 amide bonds. The molecule has 0 saturated carbocycles. The second-order valence-electron chi connectivity index (χ2n) is 11.4. The Bertz CT molecular complexity index is 1680. The van der Waals surface area contributed by atoms with Crippen LogP contribution in [0.15, 0.2) is 42.5 Å². The number of methoxy groups -OCH3 is 3. The van der Waals surface area contributed by atoms with E-state index in [1.54, 1.807) is 32.0 Å². The zero-order valence-electron chi connectivity index (χ0n) is 28.0. The zero-order valence-corrected chi connectivity index (χ0v) is 28.0. The fourth-order valence-corrected chi connectivity index (χ4v) is 6.00. The second-order valence-corrected chi connectivity index (χ2v) is 11.4. The summed E-state index contributed by atoms with van der Waals surface area (Å²) in [7, 11) is 4.33. The second kappa shape index (κ2) is 14.1. The van der Waals surface area contributed by atoms with Gasteiger partial charge in [-0.25, -0.2) is 29.0 Å². The topological polar surface area (TPSA) is 169 Å². The van der Waals surface area contributed by atoms with Crippen molar-refractivity contribution in [3.8, 4) is 28.7 Å². The standard InChI is InChI=1S/C34H38N2O13/c1-20-18-25(21(2)22(3)30(20)41)45-17-7-14-35-15-16-36(19-23-8-9-24(42-4)32(44-6)31(23)43-5)34(48-28(39)12-13-29(40)49-34)33(35)46-26(37)10-11-27(38)47-33/h8-13,18,41H,7,14-17,19H2,1-6H3. The highest BCUT2D eigenvalue weighted by molar-refractivity contribution is 5.95. The minimum Gasteiger partial charge on any atom is -0.507 e. The van der Waals surface area contributed by atoms with E-state index in [9.17, 15) is 24.3 Å². The first-order valence-electron chi connectivity index (χ1n) is 15.4. The fraction of sp³-hybridized carbons (Fsp3) is 0.412. The quantitative estimate of drug-likeness (QED) is 0.286. The minimum atomic E-state index is -2.65. The molecule has 0 aromatic heterocycles. The van der Waals surface area contributed by atoms with Gasteiger partial charge in [0.15, 0.2) is 11.5 Å². The Balaban J connectivity index is 1.55. The molecular formula is C34H38N2O13. The van der Waals surface area contributed by atoms with E-state index in [0.717, 1.165) is 29.9 Å². The first-order valence-corrected chi connectivity index (χ1v) is 15.4. The summed E-state index contributed by atoms with van der Waals surface area (Å²) in [5.41, 5.74) is 2.57. The normalized spacial score (nSPS) is 18.7. The van der Waals surface area contributed by atoms with E-state index in [2.05, 4.69) is 0 Å². The number of aryl methyl sites for hydroxylation is 1. The average molecular weight is 683 g/mol. The van der Waals surface area contributed by atoms with Crippen LogP contribution in [0.25, 0.3) is 0 Å². The van der Waals surface area contributed by atoms with Gasteiger partial charge < -0.3 is 43.0 Å². The molecule has 262 valence electrons. The van der Waals surface area contributed by atoms with Crippen LogP contribution in [-0.2, 0) is 44.7 Å². The van der Waals surface area contributed by atoms with Gasteiger partial charge in [-0.05, 0) is 56.0 Å². The van der Waals surface area contributed by atoms with Crippen molar-refractivity contribution >= 4 is 23.9 Å². The smallest absolute Gasteiger partial charge is 0.420 e. The summed E-state index contributed by atoms with van der Waals surface area (Å²) >= 11 is 0. The number of ether oxygens (including phenoxy) is 8. The van der Waals surface area contributed by atoms with Gasteiger partial charge in [0.05, 0.1) is 27.9 Å². The molecule has 49 heavy (non-hydrogen) atoms. The number of nitrogens with zero attached hydrogens (tertiary/aromatic N) is 2. The van der Waals surface area contributed by atoms with Gasteiger partial charge in [0.1, 0.15) is 11.5 Å². The first kappa shape index (κ1) is 35.0. The summed E-state index contributed by atoms with van der Waals surface area (Å²) in [4.78, 5) is 55.3. The molecule has 1 saturated heterocycles. The summed E-state index contributed by atoms with van der Waals surface area (Å²) in [6, 6.07) is 5.04. The van der Waals surface area contributed by atoms with Crippen LogP contribution in [0.4, 0.5) is 0 Å². The first-order chi connectivity index (χ1) is 23.4. The van der Waals surface area contributed by atoms with Crippen LogP contribution < -0.4 is 18.9 Å². The predicted molar refractivity (Wildman–Crippen MR) is 169 cm³/mol. The number of hydrogen-bond donors (Lipinski definition) is 1. The molecular weight excluding hydrogens is 644 g/mol. The average Bonchev–Trinajstić information content (AvgIpc) is 3.34. The molecule has 0 unspecified atom stereocenters. The molecule has 1 fully saturated rings. The van der Waals surface area contributed by atoms with Crippen LogP contribution in [0.2, 0.25) is 0 Å². The van der Waals surface area contributed by atoms with Crippen molar-refractivity contribution in [2.45, 2.75) is 45.6 Å². The molecule has 3 heterocycles. The van der Waals surface area contributed by atoms with Gasteiger partial charge in [-0.2, -0.15) is 0 Å². The van der Waals surface area contributed by atoms with E-state index in [1.165, 1.54) is 31.1 Å². The molecule has 0 bridgehead atoms. The molecule has 1 N–H and O–H groups in total. The Labute approximate surface area is 282 Å². The van der Waals surface area contributed by atoms with Gasteiger partial charge in [-0.3, -0.25) is 0 Å². The highest BCUT2D eigenvalue weighted by atomic mass is 16.8. The minimum absolute atomic E-state index is 0.0403. The van der Waals surface area contributed by atoms with E-state index in [4.69, 9.17) is 37.9 Å². The number of fused-ring (bicyclic) bond motifs is 1. The molecule has 0 aliphatic carbocycles. The predicted octanol–water partition coefficient (Wildman–Crippen LogP) is 2.55. The fourth-order valence-electron chi connectivity index (χ4n) is 6.00. The van der Waals surface area contributed by atoms with Gasteiger partial charge in [-0.15, -0.1) is 0 Å². The summed E-state index contributed by atoms with van der Waals surface area (Å²) in [5.74, 6) is -7.70. The molecule has 3 aliphatic rings. The Morgan fingerprint density at radius 2 is 1.24 bits per heavy atom. The third-order valence-electron chi connectivity index (χ3n) is 8.52. The maximum Gasteiger partial charge on any atom is 0.420 e. The van der Waals surface area contributed by atoms with Crippen LogP contribution >= 0.6 is 0 Å². The molecule has 2 aromatic carbocycles. The Morgan fingerprint density at radius 3 is 1.78 bits per heavy atom. The van der Waals surface area contributed by atoms with Gasteiger partial charge in [0.2, 0.25) is 5.75 Å². The maximum atomic E-state index is 13.1. The van der Waals surface area contributed by atoms with Gasteiger partial charge in [0, 0.05) is 56.0 Å². The lowest BCUT2D eigenvalue weighted by molar-refractivity contribution is -0.464. The molecule has 5 rings (SSSR count). The van der Waals surface area contributed by atoms with Crippen molar-refractivity contribution < 1.29 is 62.2 Å². The number of esters is 4. The highest BCUT2D eigenvalue weighted by Crippen LogP contribution is 2.47. The molecule has 3 aliphatic heterocycles. The molecule has 0 radical (unpaired) electrons. The lowest BCUT2D eigenvalue weighted by atomic mass is 10.0. The molecule has 15 nitrogen and oxygen atoms in total. The van der Waals surface area contributed by atoms with Gasteiger partial charge in [-0.1, -0.05) is 6.07 Å². The van der Waals surface area contributed by atoms with Crippen molar-refractivity contribution in [3.05, 3.63) is 64.8 Å². The largest absolute Gasteiger partial charge is 0.507 e. The Kier molecular flexibility index (Phi) is 10.1. The third-order valence-corrected chi connectivity index (χ3v) is 8.52. The number of rotatable bonds is 10. The van der Waals surface area contributed by atoms with Gasteiger partial charge in [0.25, 0.3) is 0 Å². The number of carbonyl (C=O) groups is 4. The summed E-state index contributed by atoms with van der Waals surface area (Å²) in [5, 5.41) is 10.3. The van der Waals surface area contributed by atoms with E-state index < -0.39 is 35.7 Å². The summed E-state index contributed by atoms with van der Waals surface area (Å²) < 4.78 is 46.0. The van der Waals surface area contributed by atoms with E-state index in [-0.39, 0.29) is 56.5 Å². The highest BCUT2D eigenvalue weighted by Gasteiger charge is 2.74. The van der Waals surface area contributed by atoms with Crippen molar-refractivity contribution in [2.75, 3.05) is 47.6 Å². The van der Waals surface area contributed by atoms with Crippen molar-refractivity contribution in [3.63, 3.8) is 0 Å². The monoisotopic (exact) mass is 682 g/mol. The van der Waals surface area contributed by atoms with Crippen molar-refractivity contribution in [1.82, 2.24) is 9.80 Å². The molecule has 0 atom stereocenters. The third kappa shape index (κ3) is 6.46. The molecule has 2 spiro atoms. The number of benzene rings is 2. The maximum absolute atomic E-state index is 13.1. The van der Waals surface area contributed by atoms with Crippen molar-refractivity contribution in [2.24, 2.45) is 0 Å². The lowest BCUT2D eigenvalue weighted by Crippen LogP contribution is -2.80. The Hall–Kier alpha value is -5.28. The number of aromatic hydroxyl groups is 1. The number of piperazine rings is 1. The summed E-state index contributed by atoms with van der Waals surface area (Å²) in [6.07, 6.45) is 3.71. The summed E-state index contributed by atoms with van der Waals surface area (Å²) in [6.45, 7) is 5.54. The number of carbonyl (C=O) groups excluding carboxylic acids is 4. The van der Waals surface area contributed by atoms with Crippen LogP contribution in [-0.4, -0.2) is 98.2 Å². The number of phenolic OH excluding ortho intramolecular Hbond substituents is 1. The Morgan fingerprint density at radius 1 is 0.714 bits per heavy atom. The lowest BCUT2D eigenvalue weighted by Gasteiger charge is -2.55. The molecule has 2 aromatic rings. The van der Waals surface area contributed by atoms with Crippen LogP contribution in [0.3, 0.4) is 0 Å². The van der Waals surface area contributed by atoms with Crippen LogP contribution in [0.1, 0.15) is 28.7 Å². The zero-order chi connectivity index (χ0) is 35.5. The van der Waals surface area contributed by atoms with Crippen LogP contribution in [0.5, 0.6) is 28.7 Å². The van der Waals surface area contributed by atoms with Gasteiger partial charge >= 0.3 is 35.7 Å². The number of phenols is 1. The molecule has 15 heteroatoms. The number of hydrogen-bond acceptors (Lipinski definition) is 15. The van der Waals surface area contributed by atoms with E-state index in [0.29, 0.717) is 28.2 Å². The van der Waals surface area contributed by atoms with E-state index in [1.807, 2.05) is 6.92 Å². The van der Waals surface area contributed by atoms with Crippen molar-refractivity contribution in [1.29, 1.82) is 0 Å². The van der Waals surface area contributed by atoms with E-state index >= 15 is 0 Å². The SMILES string of the molecule is COc1ccc(CN2CCN(CCCOc3cc(C)c(O)c(C)c3C)C3(OC(=O)C=CC(=O)O3)C23OC(=O)C=CC(=O)O3)c(OC)c1OC.